The monoisotopic (exact) mass is 963 g/mol. The van der Waals surface area contributed by atoms with Crippen molar-refractivity contribution in [3.8, 4) is 0 Å². The van der Waals surface area contributed by atoms with E-state index in [1.54, 1.807) is 23.9 Å². The number of imide groups is 2. The highest BCUT2D eigenvalue weighted by Gasteiger charge is 2.45. The highest BCUT2D eigenvalue weighted by atomic mass is 32.2. The first-order valence-electron chi connectivity index (χ1n) is 23.4. The minimum atomic E-state index is -3.43. The number of hydrogen-bond acceptors (Lipinski definition) is 14. The second-order valence-electron chi connectivity index (χ2n) is 18.3. The zero-order valence-corrected chi connectivity index (χ0v) is 39.5. The van der Waals surface area contributed by atoms with E-state index in [1.807, 2.05) is 41.3 Å². The molecule has 6 aliphatic rings. The number of piperazine rings is 1. The number of thioether (sulfide) groups is 1. The maximum atomic E-state index is 13.6. The molecule has 0 aliphatic carbocycles. The number of likely N-dealkylation sites (tertiary alicyclic amines) is 1. The van der Waals surface area contributed by atoms with E-state index in [2.05, 4.69) is 31.1 Å². The molecule has 5 atom stereocenters. The van der Waals surface area contributed by atoms with E-state index in [-0.39, 0.29) is 79.3 Å². The number of fused-ring (bicyclic) bond motifs is 1. The van der Waals surface area contributed by atoms with Crippen LogP contribution in [0, 0.1) is 11.8 Å². The van der Waals surface area contributed by atoms with Gasteiger partial charge in [-0.15, -0.1) is 11.8 Å². The van der Waals surface area contributed by atoms with E-state index in [9.17, 15) is 42.0 Å². The van der Waals surface area contributed by atoms with E-state index in [1.165, 1.54) is 4.31 Å². The Kier molecular flexibility index (Phi) is 15.6. The zero-order valence-electron chi connectivity index (χ0n) is 37.9. The summed E-state index contributed by atoms with van der Waals surface area (Å²) in [5.74, 6) is -2.03. The largest absolute Gasteiger partial charge is 0.381 e. The van der Waals surface area contributed by atoms with Crippen molar-refractivity contribution in [1.82, 2.24) is 40.3 Å². The molecule has 67 heavy (non-hydrogen) atoms. The summed E-state index contributed by atoms with van der Waals surface area (Å²) in [6, 6.07) is 13.4. The number of nitrogens with zero attached hydrogens (tertiary/aromatic N) is 5. The van der Waals surface area contributed by atoms with Crippen molar-refractivity contribution in [2.75, 3.05) is 89.0 Å². The first-order valence-corrected chi connectivity index (χ1v) is 26.3. The van der Waals surface area contributed by atoms with Gasteiger partial charge in [-0.2, -0.15) is 0 Å². The minimum Gasteiger partial charge on any atom is -0.381 e. The lowest BCUT2D eigenvalue weighted by atomic mass is 9.95. The summed E-state index contributed by atoms with van der Waals surface area (Å²) in [6.07, 6.45) is 4.58. The van der Waals surface area contributed by atoms with Crippen molar-refractivity contribution in [3.05, 3.63) is 65.2 Å². The first kappa shape index (κ1) is 48.5. The fraction of sp³-hybridized carbons (Fsp3) is 0.587. The van der Waals surface area contributed by atoms with Gasteiger partial charge >= 0.3 is 0 Å². The van der Waals surface area contributed by atoms with Crippen LogP contribution in [0.25, 0.3) is 0 Å². The number of benzene rings is 2. The predicted molar refractivity (Wildman–Crippen MR) is 249 cm³/mol. The zero-order chi connectivity index (χ0) is 47.2. The number of nitrogens with one attached hydrogen (secondary N) is 4. The third-order valence-electron chi connectivity index (χ3n) is 13.8. The van der Waals surface area contributed by atoms with Gasteiger partial charge < -0.3 is 25.2 Å². The van der Waals surface area contributed by atoms with Gasteiger partial charge in [-0.25, -0.2) is 12.7 Å². The summed E-state index contributed by atoms with van der Waals surface area (Å²) in [4.78, 5) is 98.2. The van der Waals surface area contributed by atoms with Crippen LogP contribution in [-0.2, 0) is 38.7 Å². The van der Waals surface area contributed by atoms with Crippen LogP contribution in [0.1, 0.15) is 83.7 Å². The molecule has 4 N–H and O–H groups in total. The highest BCUT2D eigenvalue weighted by Crippen LogP contribution is 2.32. The van der Waals surface area contributed by atoms with Crippen molar-refractivity contribution in [2.45, 2.75) is 75.0 Å². The Bertz CT molecular complexity index is 2310. The molecule has 19 nitrogen and oxygen atoms in total. The molecule has 0 radical (unpaired) electrons. The van der Waals surface area contributed by atoms with Gasteiger partial charge in [0.15, 0.2) is 0 Å². The number of piperidine rings is 2. The number of rotatable bonds is 17. The Morgan fingerprint density at radius 1 is 0.881 bits per heavy atom. The minimum absolute atomic E-state index is 0.0665. The van der Waals surface area contributed by atoms with E-state index in [0.29, 0.717) is 44.9 Å². The normalized spacial score (nSPS) is 24.8. The third kappa shape index (κ3) is 11.9. The lowest BCUT2D eigenvalue weighted by Crippen LogP contribution is -2.54. The van der Waals surface area contributed by atoms with Crippen LogP contribution < -0.4 is 26.2 Å². The molecule has 6 aliphatic heterocycles. The van der Waals surface area contributed by atoms with E-state index in [4.69, 9.17) is 4.74 Å². The van der Waals surface area contributed by atoms with Gasteiger partial charge in [-0.3, -0.25) is 54.0 Å². The summed E-state index contributed by atoms with van der Waals surface area (Å²) < 4.78 is 31.3. The van der Waals surface area contributed by atoms with Gasteiger partial charge in [0.1, 0.15) is 17.6 Å². The molecule has 362 valence electrons. The number of anilines is 1. The fourth-order valence-electron chi connectivity index (χ4n) is 9.83. The van der Waals surface area contributed by atoms with Crippen molar-refractivity contribution < 1.29 is 46.7 Å². The third-order valence-corrected chi connectivity index (χ3v) is 16.1. The van der Waals surface area contributed by atoms with Crippen LogP contribution in [-0.4, -0.2) is 170 Å². The molecule has 0 spiro atoms. The van der Waals surface area contributed by atoms with Crippen LogP contribution in [0.2, 0.25) is 0 Å². The standard InChI is InChI=1S/C46H61N9O10S2/c1-67(63,64)54-19-15-32(28-54)41(58)47-36(42(59)50-46-48-37(29-66-46)31-6-3-2-4-7-31)16-25-65-24-5-8-40(57)53-17-13-30(14-18-53)27-51-20-22-52(23-21-51)33-9-10-34-35(26-33)45(62)55(44(34)61)38-11-12-39(56)49-43(38)60/h2-4,6-7,9-10,26,30,32,36-38,46,48H,5,8,11-25,27-29H2,1H3,(H,47,58)(H,50,59)(H,49,56,60)/t32?,36-,37?,38?,46?/m0/s1. The Hall–Kier alpha value is -4.93. The lowest BCUT2D eigenvalue weighted by molar-refractivity contribution is -0.136. The van der Waals surface area contributed by atoms with Crippen molar-refractivity contribution >= 4 is 68.8 Å². The van der Waals surface area contributed by atoms with Crippen molar-refractivity contribution in [1.29, 1.82) is 0 Å². The molecule has 0 saturated carbocycles. The molecule has 21 heteroatoms. The molecular weight excluding hydrogens is 903 g/mol. The molecule has 2 aromatic carbocycles. The number of amides is 7. The number of carbonyl (C=O) groups is 7. The van der Waals surface area contributed by atoms with Gasteiger partial charge in [0.2, 0.25) is 39.6 Å². The topological polar surface area (TPSA) is 227 Å². The van der Waals surface area contributed by atoms with E-state index in [0.717, 1.165) is 73.7 Å². The van der Waals surface area contributed by atoms with Gasteiger partial charge in [-0.05, 0) is 68.2 Å². The Labute approximate surface area is 395 Å². The summed E-state index contributed by atoms with van der Waals surface area (Å²) >= 11 is 1.57. The summed E-state index contributed by atoms with van der Waals surface area (Å²) in [5.41, 5.74) is 2.15. The van der Waals surface area contributed by atoms with E-state index < -0.39 is 51.7 Å². The Morgan fingerprint density at radius 3 is 2.34 bits per heavy atom. The quantitative estimate of drug-likeness (QED) is 0.128. The molecule has 0 bridgehead atoms. The van der Waals surface area contributed by atoms with Gasteiger partial charge in [0.05, 0.1) is 23.3 Å². The van der Waals surface area contributed by atoms with Gasteiger partial charge in [-0.1, -0.05) is 30.3 Å². The number of hydrogen-bond donors (Lipinski definition) is 4. The average Bonchev–Trinajstić information content (AvgIpc) is 4.07. The van der Waals surface area contributed by atoms with Crippen LogP contribution in [0.15, 0.2) is 48.5 Å². The molecule has 0 aromatic heterocycles. The number of carbonyl (C=O) groups excluding carboxylic acids is 7. The predicted octanol–water partition coefficient (Wildman–Crippen LogP) is 0.879. The summed E-state index contributed by atoms with van der Waals surface area (Å²) in [6.45, 7) is 6.33. The van der Waals surface area contributed by atoms with Crippen LogP contribution in [0.3, 0.4) is 0 Å². The molecular formula is C46H61N9O10S2. The van der Waals surface area contributed by atoms with Gasteiger partial charge in [0.25, 0.3) is 11.8 Å². The van der Waals surface area contributed by atoms with Gasteiger partial charge in [0, 0.05) is 102 Å². The number of ether oxygens (including phenoxy) is 1. The molecule has 6 heterocycles. The second kappa shape index (κ2) is 21.6. The van der Waals surface area contributed by atoms with E-state index >= 15 is 0 Å². The molecule has 4 unspecified atom stereocenters. The summed E-state index contributed by atoms with van der Waals surface area (Å²) in [5, 5.41) is 11.5. The Balaban J connectivity index is 0.728. The smallest absolute Gasteiger partial charge is 0.262 e. The van der Waals surface area contributed by atoms with Crippen molar-refractivity contribution in [2.24, 2.45) is 11.8 Å². The molecule has 7 amide bonds. The molecule has 8 rings (SSSR count). The summed E-state index contributed by atoms with van der Waals surface area (Å²) in [7, 11) is -3.43. The fourth-order valence-corrected chi connectivity index (χ4v) is 11.8. The van der Waals surface area contributed by atoms with Crippen LogP contribution in [0.5, 0.6) is 0 Å². The molecule has 5 saturated heterocycles. The van der Waals surface area contributed by atoms with Crippen LogP contribution in [0.4, 0.5) is 5.69 Å². The molecule has 5 fully saturated rings. The second-order valence-corrected chi connectivity index (χ2v) is 21.4. The SMILES string of the molecule is CS(=O)(=O)N1CCC(C(=O)N[C@@H](CCOCCCC(=O)N2CCC(CN3CCN(c4ccc5c(c4)C(=O)N(C4CCC(=O)NC4=O)C5=O)CC3)CC2)C(=O)NC2NC(c3ccccc3)CS2)C1. The molecule has 2 aromatic rings. The lowest BCUT2D eigenvalue weighted by Gasteiger charge is -2.39. The Morgan fingerprint density at radius 2 is 1.63 bits per heavy atom. The van der Waals surface area contributed by atoms with Crippen molar-refractivity contribution in [3.63, 3.8) is 0 Å². The number of sulfonamides is 1. The maximum absolute atomic E-state index is 13.6. The average molecular weight is 964 g/mol. The first-order chi connectivity index (χ1) is 32.2. The maximum Gasteiger partial charge on any atom is 0.262 e. The van der Waals surface area contributed by atoms with Crippen LogP contribution >= 0.6 is 11.8 Å². The highest BCUT2D eigenvalue weighted by molar-refractivity contribution is 8.00.